The summed E-state index contributed by atoms with van der Waals surface area (Å²) in [5.74, 6) is -0.173. The molecular weight excluding hydrogens is 246 g/mol. The van der Waals surface area contributed by atoms with Crippen LogP contribution < -0.4 is 5.32 Å². The van der Waals surface area contributed by atoms with E-state index < -0.39 is 5.60 Å². The molecule has 0 aromatic carbocycles. The van der Waals surface area contributed by atoms with Crippen LogP contribution in [0.2, 0.25) is 0 Å². The molecule has 1 rings (SSSR count). The summed E-state index contributed by atoms with van der Waals surface area (Å²) in [6.07, 6.45) is 3.80. The van der Waals surface area contributed by atoms with Crippen molar-refractivity contribution in [2.45, 2.75) is 64.5 Å². The lowest BCUT2D eigenvalue weighted by molar-refractivity contribution is -0.145. The second-order valence-corrected chi connectivity index (χ2v) is 6.07. The Morgan fingerprint density at radius 1 is 1.11 bits per heavy atom. The number of esters is 1. The van der Waals surface area contributed by atoms with Crippen LogP contribution in [0, 0.1) is 5.92 Å². The summed E-state index contributed by atoms with van der Waals surface area (Å²) in [4.78, 5) is 23.2. The lowest BCUT2D eigenvalue weighted by Crippen LogP contribution is -2.38. The van der Waals surface area contributed by atoms with E-state index >= 15 is 0 Å². The average Bonchev–Trinajstić information content (AvgIpc) is 2.51. The molecule has 1 amide bonds. The number of alkyl carbamates (subject to hydrolysis) is 1. The first-order chi connectivity index (χ1) is 8.81. The average molecular weight is 271 g/mol. The van der Waals surface area contributed by atoms with Gasteiger partial charge in [-0.3, -0.25) is 4.79 Å². The highest BCUT2D eigenvalue weighted by molar-refractivity contribution is 5.72. The van der Waals surface area contributed by atoms with Crippen LogP contribution in [0.3, 0.4) is 0 Å². The second-order valence-electron chi connectivity index (χ2n) is 6.07. The van der Waals surface area contributed by atoms with E-state index in [2.05, 4.69) is 5.32 Å². The van der Waals surface area contributed by atoms with Gasteiger partial charge in [0.1, 0.15) is 5.60 Å². The summed E-state index contributed by atoms with van der Waals surface area (Å²) in [7, 11) is 1.42. The Kier molecular flexibility index (Phi) is 5.63. The minimum atomic E-state index is -0.483. The molecule has 2 unspecified atom stereocenters. The van der Waals surface area contributed by atoms with Crippen molar-refractivity contribution in [2.75, 3.05) is 7.11 Å². The maximum atomic E-state index is 11.7. The Balaban J connectivity index is 2.41. The first-order valence-corrected chi connectivity index (χ1v) is 6.89. The van der Waals surface area contributed by atoms with Crippen LogP contribution in [0.15, 0.2) is 0 Å². The van der Waals surface area contributed by atoms with Crippen molar-refractivity contribution in [2.24, 2.45) is 5.92 Å². The van der Waals surface area contributed by atoms with Gasteiger partial charge >= 0.3 is 12.1 Å². The van der Waals surface area contributed by atoms with Crippen molar-refractivity contribution < 1.29 is 19.1 Å². The summed E-state index contributed by atoms with van der Waals surface area (Å²) >= 11 is 0. The normalized spacial score (nSPS) is 24.2. The number of methoxy groups -OCH3 is 1. The Morgan fingerprint density at radius 2 is 1.79 bits per heavy atom. The zero-order valence-corrected chi connectivity index (χ0v) is 12.3. The van der Waals surface area contributed by atoms with E-state index in [1.807, 2.05) is 20.8 Å². The van der Waals surface area contributed by atoms with E-state index in [9.17, 15) is 9.59 Å². The van der Waals surface area contributed by atoms with Gasteiger partial charge < -0.3 is 14.8 Å². The standard InChI is InChI=1S/C14H25NO4/c1-14(2,3)19-13(17)15-11-7-5-6-10(8-9-11)12(16)18-4/h10-11H,5-9H2,1-4H3,(H,15,17). The lowest BCUT2D eigenvalue weighted by Gasteiger charge is -2.23. The third-order valence-corrected chi connectivity index (χ3v) is 3.22. The number of ether oxygens (including phenoxy) is 2. The molecular formula is C14H25NO4. The van der Waals surface area contributed by atoms with Crippen molar-refractivity contribution >= 4 is 12.1 Å². The molecule has 0 aliphatic heterocycles. The maximum absolute atomic E-state index is 11.7. The predicted molar refractivity (Wildman–Crippen MR) is 71.7 cm³/mol. The molecule has 1 N–H and O–H groups in total. The van der Waals surface area contributed by atoms with Crippen LogP contribution >= 0.6 is 0 Å². The molecule has 0 radical (unpaired) electrons. The largest absolute Gasteiger partial charge is 0.469 e. The van der Waals surface area contributed by atoms with Gasteiger partial charge in [-0.05, 0) is 46.5 Å². The summed E-state index contributed by atoms with van der Waals surface area (Å²) < 4.78 is 10.0. The quantitative estimate of drug-likeness (QED) is 0.619. The highest BCUT2D eigenvalue weighted by Gasteiger charge is 2.26. The van der Waals surface area contributed by atoms with Crippen molar-refractivity contribution in [3.05, 3.63) is 0 Å². The van der Waals surface area contributed by atoms with Crippen molar-refractivity contribution in [3.8, 4) is 0 Å². The second kappa shape index (κ2) is 6.78. The molecule has 0 heterocycles. The van der Waals surface area contributed by atoms with E-state index in [-0.39, 0.29) is 24.0 Å². The number of nitrogens with one attached hydrogen (secondary N) is 1. The van der Waals surface area contributed by atoms with Gasteiger partial charge in [0, 0.05) is 6.04 Å². The van der Waals surface area contributed by atoms with Gasteiger partial charge in [-0.15, -0.1) is 0 Å². The van der Waals surface area contributed by atoms with Crippen LogP contribution in [-0.4, -0.2) is 30.8 Å². The molecule has 5 heteroatoms. The first-order valence-electron chi connectivity index (χ1n) is 6.89. The van der Waals surface area contributed by atoms with Crippen molar-refractivity contribution in [3.63, 3.8) is 0 Å². The van der Waals surface area contributed by atoms with E-state index in [0.717, 1.165) is 32.1 Å². The van der Waals surface area contributed by atoms with Gasteiger partial charge in [0.25, 0.3) is 0 Å². The summed E-state index contributed by atoms with van der Waals surface area (Å²) in [5.41, 5.74) is -0.483. The summed E-state index contributed by atoms with van der Waals surface area (Å²) in [6, 6.07) is 0.0875. The molecule has 1 aliphatic rings. The third kappa shape index (κ3) is 5.94. The molecule has 0 aromatic heterocycles. The van der Waals surface area contributed by atoms with E-state index in [1.54, 1.807) is 0 Å². The Labute approximate surface area is 115 Å². The first kappa shape index (κ1) is 15.8. The molecule has 1 saturated carbocycles. The number of hydrogen-bond acceptors (Lipinski definition) is 4. The van der Waals surface area contributed by atoms with Crippen LogP contribution in [0.1, 0.15) is 52.9 Å². The van der Waals surface area contributed by atoms with Crippen LogP contribution in [-0.2, 0) is 14.3 Å². The smallest absolute Gasteiger partial charge is 0.407 e. The number of carbonyl (C=O) groups excluding carboxylic acids is 2. The monoisotopic (exact) mass is 271 g/mol. The molecule has 0 saturated heterocycles. The topological polar surface area (TPSA) is 64.6 Å². The minimum absolute atomic E-state index is 0.0320. The highest BCUT2D eigenvalue weighted by atomic mass is 16.6. The lowest BCUT2D eigenvalue weighted by atomic mass is 10.0. The number of carbonyl (C=O) groups is 2. The summed E-state index contributed by atoms with van der Waals surface area (Å²) in [5, 5.41) is 2.88. The molecule has 19 heavy (non-hydrogen) atoms. The highest BCUT2D eigenvalue weighted by Crippen LogP contribution is 2.24. The molecule has 1 fully saturated rings. The van der Waals surface area contributed by atoms with Crippen molar-refractivity contribution in [1.82, 2.24) is 5.32 Å². The van der Waals surface area contributed by atoms with E-state index in [0.29, 0.717) is 0 Å². The SMILES string of the molecule is COC(=O)C1CCCC(NC(=O)OC(C)(C)C)CC1. The van der Waals surface area contributed by atoms with E-state index in [1.165, 1.54) is 7.11 Å². The summed E-state index contributed by atoms with van der Waals surface area (Å²) in [6.45, 7) is 5.52. The molecule has 0 aromatic rings. The Bertz CT molecular complexity index is 322. The van der Waals surface area contributed by atoms with Gasteiger partial charge in [-0.25, -0.2) is 4.79 Å². The number of rotatable bonds is 2. The molecule has 2 atom stereocenters. The fraction of sp³-hybridized carbons (Fsp3) is 0.857. The molecule has 5 nitrogen and oxygen atoms in total. The van der Waals surface area contributed by atoms with Gasteiger partial charge in [-0.2, -0.15) is 0 Å². The Morgan fingerprint density at radius 3 is 2.37 bits per heavy atom. The van der Waals surface area contributed by atoms with Crippen LogP contribution in [0.5, 0.6) is 0 Å². The molecule has 110 valence electrons. The minimum Gasteiger partial charge on any atom is -0.469 e. The third-order valence-electron chi connectivity index (χ3n) is 3.22. The predicted octanol–water partition coefficient (Wildman–Crippen LogP) is 2.63. The zero-order valence-electron chi connectivity index (χ0n) is 12.3. The molecule has 0 spiro atoms. The zero-order chi connectivity index (χ0) is 14.5. The number of amides is 1. The fourth-order valence-electron chi connectivity index (χ4n) is 2.32. The van der Waals surface area contributed by atoms with Gasteiger partial charge in [0.15, 0.2) is 0 Å². The van der Waals surface area contributed by atoms with Crippen molar-refractivity contribution in [1.29, 1.82) is 0 Å². The molecule has 1 aliphatic carbocycles. The van der Waals surface area contributed by atoms with Gasteiger partial charge in [0.2, 0.25) is 0 Å². The van der Waals surface area contributed by atoms with Crippen LogP contribution in [0.4, 0.5) is 4.79 Å². The van der Waals surface area contributed by atoms with Crippen LogP contribution in [0.25, 0.3) is 0 Å². The molecule has 0 bridgehead atoms. The Hall–Kier alpha value is -1.26. The maximum Gasteiger partial charge on any atom is 0.407 e. The van der Waals surface area contributed by atoms with Gasteiger partial charge in [-0.1, -0.05) is 6.42 Å². The van der Waals surface area contributed by atoms with Gasteiger partial charge in [0.05, 0.1) is 13.0 Å². The fourth-order valence-corrected chi connectivity index (χ4v) is 2.32. The number of hydrogen-bond donors (Lipinski definition) is 1. The van der Waals surface area contributed by atoms with E-state index in [4.69, 9.17) is 9.47 Å².